The van der Waals surface area contributed by atoms with Crippen molar-refractivity contribution in [1.82, 2.24) is 4.98 Å². The molecule has 1 aliphatic heterocycles. The number of nitrogens with zero attached hydrogens (tertiary/aromatic N) is 1. The fourth-order valence-corrected chi connectivity index (χ4v) is 6.01. The lowest BCUT2D eigenvalue weighted by atomic mass is 10.1. The van der Waals surface area contributed by atoms with Gasteiger partial charge in [-0.15, -0.1) is 0 Å². The number of rotatable bonds is 5. The number of carbonyl (C=O) groups is 1. The summed E-state index contributed by atoms with van der Waals surface area (Å²) in [5.74, 6) is -2.31. The summed E-state index contributed by atoms with van der Waals surface area (Å²) < 4.78 is 131. The van der Waals surface area contributed by atoms with Crippen LogP contribution < -0.4 is 0 Å². The summed E-state index contributed by atoms with van der Waals surface area (Å²) in [5.41, 5.74) is -3.81. The fraction of sp³-hybridized carbons (Fsp3) is 0. The summed E-state index contributed by atoms with van der Waals surface area (Å²) in [6, 6.07) is 1.76. The molecule has 0 radical (unpaired) electrons. The van der Waals surface area contributed by atoms with Crippen molar-refractivity contribution in [3.63, 3.8) is 0 Å². The molecule has 0 saturated heterocycles. The zero-order valence-electron chi connectivity index (χ0n) is 16.8. The molecule has 0 saturated carbocycles. The molecular weight excluding hydrogens is 572 g/mol. The first kappa shape index (κ1) is 25.8. The van der Waals surface area contributed by atoms with Crippen LogP contribution in [0.25, 0.3) is 10.9 Å². The molecule has 0 aliphatic carbocycles. The zero-order valence-corrected chi connectivity index (χ0v) is 20.1. The van der Waals surface area contributed by atoms with Gasteiger partial charge in [0.1, 0.15) is 21.2 Å². The molecule has 3 aromatic rings. The first-order valence-electron chi connectivity index (χ1n) is 8.81. The molecule has 2 aromatic carbocycles. The summed E-state index contributed by atoms with van der Waals surface area (Å²) in [6.45, 7) is 0. The number of aliphatic imine (C=N–C) groups is 1. The molecule has 0 bridgehead atoms. The Kier molecular flexibility index (Phi) is 5.48. The van der Waals surface area contributed by atoms with Crippen molar-refractivity contribution in [2.24, 2.45) is 4.99 Å². The first-order valence-corrected chi connectivity index (χ1v) is 14.6. The molecule has 2 heterocycles. The van der Waals surface area contributed by atoms with Crippen LogP contribution in [0.4, 0.5) is 5.69 Å². The highest BCUT2D eigenvalue weighted by Gasteiger charge is 2.36. The smallest absolute Gasteiger partial charge is 0.296 e. The number of hydrogen-bond donors (Lipinski definition) is 6. The Bertz CT molecular complexity index is 2000. The van der Waals surface area contributed by atoms with E-state index < -0.39 is 105 Å². The van der Waals surface area contributed by atoms with E-state index >= 15 is 0 Å². The molecule has 0 atom stereocenters. The van der Waals surface area contributed by atoms with Gasteiger partial charge in [-0.05, 0) is 24.3 Å². The van der Waals surface area contributed by atoms with Crippen LogP contribution in [-0.2, 0) is 40.5 Å². The monoisotopic (exact) mass is 582 g/mol. The number of aromatic amines is 1. The number of fused-ring (bicyclic) bond motifs is 2. The lowest BCUT2D eigenvalue weighted by Crippen LogP contribution is -2.13. The van der Waals surface area contributed by atoms with Crippen LogP contribution in [0.2, 0.25) is 0 Å². The zero-order chi connectivity index (χ0) is 27.2. The number of hydrogen-bond acceptors (Lipinski definition) is 11. The molecule has 0 fully saturated rings. The number of aromatic nitrogens is 1. The highest BCUT2D eigenvalue weighted by molar-refractivity contribution is 7.87. The highest BCUT2D eigenvalue weighted by Crippen LogP contribution is 2.41. The maximum absolute atomic E-state index is 13.0. The average Bonchev–Trinajstić information content (AvgIpc) is 3.21. The Morgan fingerprint density at radius 1 is 0.694 bits per heavy atom. The lowest BCUT2D eigenvalue weighted by molar-refractivity contribution is 0.106. The van der Waals surface area contributed by atoms with Gasteiger partial charge in [-0.1, -0.05) is 0 Å². The molecule has 4 rings (SSSR count). The van der Waals surface area contributed by atoms with Crippen LogP contribution in [-0.4, -0.2) is 73.5 Å². The van der Waals surface area contributed by atoms with Gasteiger partial charge in [0.15, 0.2) is 5.75 Å². The van der Waals surface area contributed by atoms with E-state index in [1.54, 1.807) is 0 Å². The highest BCUT2D eigenvalue weighted by atomic mass is 32.2. The Hall–Kier alpha value is -3.24. The third kappa shape index (κ3) is 4.18. The van der Waals surface area contributed by atoms with Gasteiger partial charge >= 0.3 is 0 Å². The Balaban J connectivity index is 2.07. The number of aromatic hydroxyl groups is 1. The van der Waals surface area contributed by atoms with Crippen molar-refractivity contribution in [3.05, 3.63) is 35.5 Å². The van der Waals surface area contributed by atoms with Gasteiger partial charge in [-0.2, -0.15) is 33.7 Å². The van der Waals surface area contributed by atoms with Gasteiger partial charge in [0, 0.05) is 5.39 Å². The van der Waals surface area contributed by atoms with Gasteiger partial charge in [-0.25, -0.2) is 4.99 Å². The van der Waals surface area contributed by atoms with Crippen LogP contribution in [0, 0.1) is 0 Å². The summed E-state index contributed by atoms with van der Waals surface area (Å²) >= 11 is 0. The summed E-state index contributed by atoms with van der Waals surface area (Å²) in [5, 5.41) is 9.97. The predicted octanol–water partition coefficient (Wildman–Crippen LogP) is 0.177. The second-order valence-corrected chi connectivity index (χ2v) is 12.8. The van der Waals surface area contributed by atoms with Gasteiger partial charge in [-0.3, -0.25) is 23.0 Å². The average molecular weight is 583 g/mol. The molecule has 16 nitrogen and oxygen atoms in total. The number of Topliss-reactive ketones (excluding diaryl/α,β-unsaturated/α-hetero) is 1. The fourth-order valence-electron chi connectivity index (χ4n) is 3.42. The quantitative estimate of drug-likeness (QED) is 0.219. The Labute approximate surface area is 200 Å². The molecule has 0 unspecified atom stereocenters. The maximum atomic E-state index is 13.0. The molecule has 1 aliphatic rings. The first-order chi connectivity index (χ1) is 16.2. The van der Waals surface area contributed by atoms with E-state index in [1.165, 1.54) is 0 Å². The van der Waals surface area contributed by atoms with E-state index in [9.17, 15) is 61.8 Å². The molecule has 0 amide bonds. The minimum Gasteiger partial charge on any atom is -0.505 e. The minimum atomic E-state index is -5.24. The van der Waals surface area contributed by atoms with E-state index in [2.05, 4.69) is 9.98 Å². The van der Waals surface area contributed by atoms with Crippen LogP contribution in [0.5, 0.6) is 5.75 Å². The topological polar surface area (TPSA) is 283 Å². The van der Waals surface area contributed by atoms with Crippen molar-refractivity contribution in [1.29, 1.82) is 0 Å². The van der Waals surface area contributed by atoms with Crippen molar-refractivity contribution in [2.45, 2.75) is 19.6 Å². The molecule has 36 heavy (non-hydrogen) atoms. The van der Waals surface area contributed by atoms with Crippen LogP contribution in [0.1, 0.15) is 16.1 Å². The van der Waals surface area contributed by atoms with Crippen molar-refractivity contribution in [2.75, 3.05) is 0 Å². The molecule has 6 N–H and O–H groups in total. The minimum absolute atomic E-state index is 0.309. The van der Waals surface area contributed by atoms with Gasteiger partial charge in [0.25, 0.3) is 40.5 Å². The molecule has 20 heteroatoms. The van der Waals surface area contributed by atoms with Crippen LogP contribution in [0.15, 0.2) is 48.8 Å². The Morgan fingerprint density at radius 3 is 1.69 bits per heavy atom. The second-order valence-electron chi connectivity index (χ2n) is 7.20. The molecule has 192 valence electrons. The predicted molar refractivity (Wildman–Crippen MR) is 116 cm³/mol. The Morgan fingerprint density at radius 2 is 1.19 bits per heavy atom. The van der Waals surface area contributed by atoms with Crippen LogP contribution in [0.3, 0.4) is 0 Å². The SMILES string of the molecule is O=C1C(c2[nH]c3c(S(=O)(=O)O)cc(S(=O)(=O)O)cc3c2O)=Nc2c1cc(S(=O)(=O)O)cc2S(=O)(=O)O. The van der Waals surface area contributed by atoms with E-state index in [1.807, 2.05) is 0 Å². The summed E-state index contributed by atoms with van der Waals surface area (Å²) in [4.78, 5) is 14.4. The van der Waals surface area contributed by atoms with Crippen molar-refractivity contribution in [3.8, 4) is 5.75 Å². The van der Waals surface area contributed by atoms with Crippen molar-refractivity contribution >= 4 is 68.6 Å². The summed E-state index contributed by atoms with van der Waals surface area (Å²) in [6.07, 6.45) is 0. The van der Waals surface area contributed by atoms with E-state index in [0.29, 0.717) is 24.3 Å². The maximum Gasteiger partial charge on any atom is 0.296 e. The van der Waals surface area contributed by atoms with Gasteiger partial charge in [0.2, 0.25) is 5.78 Å². The normalized spacial score (nSPS) is 14.8. The van der Waals surface area contributed by atoms with E-state index in [0.717, 1.165) is 0 Å². The number of ketones is 1. The second kappa shape index (κ2) is 7.63. The molecular formula is C16H10N2O14S4. The number of benzene rings is 2. The standard InChI is InChI=1S/C16H10N2O14S4/c19-15-7-1-5(33(21,22)23)3-9(35(27,28)29)11(7)17-13(15)14-16(20)8-2-6(34(24,25)26)4-10(12(8)18-14)36(30,31)32/h1-4,17,19H,(H,21,22,23)(H,24,25,26)(H,27,28,29)(H,30,31,32). The third-order valence-corrected chi connectivity index (χ3v) is 8.35. The van der Waals surface area contributed by atoms with E-state index in [-0.39, 0.29) is 0 Å². The number of H-pyrrole nitrogens is 1. The summed E-state index contributed by atoms with van der Waals surface area (Å²) in [7, 11) is -20.6. The van der Waals surface area contributed by atoms with E-state index in [4.69, 9.17) is 0 Å². The number of nitrogens with one attached hydrogen (secondary N) is 1. The third-order valence-electron chi connectivity index (χ3n) is 4.94. The van der Waals surface area contributed by atoms with Gasteiger partial charge in [0.05, 0.1) is 26.6 Å². The van der Waals surface area contributed by atoms with Gasteiger partial charge < -0.3 is 10.1 Å². The molecule has 0 spiro atoms. The van der Waals surface area contributed by atoms with Crippen molar-refractivity contribution < 1.29 is 61.8 Å². The van der Waals surface area contributed by atoms with Crippen LogP contribution >= 0.6 is 0 Å². The molecule has 1 aromatic heterocycles. The lowest BCUT2D eigenvalue weighted by Gasteiger charge is -2.05. The largest absolute Gasteiger partial charge is 0.505 e. The number of carbonyl (C=O) groups excluding carboxylic acids is 1.